The maximum atomic E-state index is 13.3. The molecule has 1 aromatic carbocycles. The third-order valence-corrected chi connectivity index (χ3v) is 6.37. The van der Waals surface area contributed by atoms with E-state index < -0.39 is 30.5 Å². The number of nitrogens with zero attached hydrogens (tertiary/aromatic N) is 4. The number of benzene rings is 1. The van der Waals surface area contributed by atoms with Crippen LogP contribution in [0.25, 0.3) is 11.4 Å². The van der Waals surface area contributed by atoms with Crippen LogP contribution in [0.1, 0.15) is 17.7 Å². The largest absolute Gasteiger partial charge is 0.489 e. The van der Waals surface area contributed by atoms with Crippen molar-refractivity contribution in [2.45, 2.75) is 37.7 Å². The van der Waals surface area contributed by atoms with Crippen LogP contribution in [0.15, 0.2) is 42.7 Å². The summed E-state index contributed by atoms with van der Waals surface area (Å²) >= 11 is 0. The number of ether oxygens (including phenoxy) is 1. The van der Waals surface area contributed by atoms with Crippen LogP contribution in [0, 0.1) is 6.92 Å². The van der Waals surface area contributed by atoms with Crippen molar-refractivity contribution in [1.29, 1.82) is 0 Å². The van der Waals surface area contributed by atoms with E-state index >= 15 is 0 Å². The number of aliphatic hydroxyl groups excluding tert-OH is 2. The predicted molar refractivity (Wildman–Crippen MR) is 132 cm³/mol. The van der Waals surface area contributed by atoms with E-state index in [0.717, 1.165) is 12.1 Å². The maximum Gasteiger partial charge on any atom is 0.416 e. The van der Waals surface area contributed by atoms with E-state index in [1.165, 1.54) is 24.5 Å². The van der Waals surface area contributed by atoms with Gasteiger partial charge in [-0.15, -0.1) is 0 Å². The molecular weight excluding hydrogens is 505 g/mol. The van der Waals surface area contributed by atoms with Gasteiger partial charge in [-0.25, -0.2) is 9.97 Å². The predicted octanol–water partition coefficient (Wildman–Crippen LogP) is 2.61. The zero-order valence-electron chi connectivity index (χ0n) is 20.2. The molecule has 10 nitrogen and oxygen atoms in total. The molecule has 200 valence electrons. The number of hydrogen-bond donors (Lipinski definition) is 4. The van der Waals surface area contributed by atoms with Crippen molar-refractivity contribution in [2.75, 3.05) is 35.3 Å². The number of aromatic nitrogens is 3. The minimum atomic E-state index is -4.48. The van der Waals surface area contributed by atoms with Crippen LogP contribution < -0.4 is 20.3 Å². The molecule has 1 saturated heterocycles. The van der Waals surface area contributed by atoms with Crippen LogP contribution in [0.5, 0.6) is 5.75 Å². The second-order valence-electron chi connectivity index (χ2n) is 9.20. The monoisotopic (exact) mass is 530 g/mol. The molecule has 4 N–H and O–H groups in total. The van der Waals surface area contributed by atoms with E-state index in [2.05, 4.69) is 25.6 Å². The van der Waals surface area contributed by atoms with Gasteiger partial charge in [0.15, 0.2) is 11.6 Å². The smallest absolute Gasteiger partial charge is 0.416 e. The van der Waals surface area contributed by atoms with Crippen LogP contribution in [-0.2, 0) is 11.0 Å². The van der Waals surface area contributed by atoms with Crippen molar-refractivity contribution < 1.29 is 32.9 Å². The van der Waals surface area contributed by atoms with Gasteiger partial charge in [-0.3, -0.25) is 9.78 Å². The molecule has 0 aliphatic carbocycles. The van der Waals surface area contributed by atoms with Crippen LogP contribution in [0.3, 0.4) is 0 Å². The summed E-state index contributed by atoms with van der Waals surface area (Å²) in [5, 5.41) is 24.5. The zero-order chi connectivity index (χ0) is 27.0. The van der Waals surface area contributed by atoms with Gasteiger partial charge in [0.2, 0.25) is 5.91 Å². The number of nitrogens with one attached hydrogen (secondary N) is 2. The number of aliphatic hydroxyl groups is 2. The number of rotatable bonds is 7. The first kappa shape index (κ1) is 25.7. The second kappa shape index (κ2) is 10.1. The number of hydrogen-bond acceptors (Lipinski definition) is 9. The minimum absolute atomic E-state index is 0.0883. The fourth-order valence-corrected chi connectivity index (χ4v) is 4.64. The lowest BCUT2D eigenvalue weighted by atomic mass is 10.1. The van der Waals surface area contributed by atoms with Gasteiger partial charge in [0, 0.05) is 24.2 Å². The SMILES string of the molecule is Cc1nc(-c2cccc(C(F)(F)F)c2)nc2c1N1C[C@H](CC1C(=O)Nc1cncc(OC[C@@H](O)CO)c1)N2. The molecule has 2 aliphatic heterocycles. The molecule has 2 bridgehead atoms. The Hall–Kier alpha value is -3.97. The molecule has 5 rings (SSSR count). The van der Waals surface area contributed by atoms with Gasteiger partial charge in [0.25, 0.3) is 0 Å². The summed E-state index contributed by atoms with van der Waals surface area (Å²) in [4.78, 5) is 28.2. The zero-order valence-corrected chi connectivity index (χ0v) is 20.2. The number of fused-ring (bicyclic) bond motifs is 4. The molecule has 1 fully saturated rings. The summed E-state index contributed by atoms with van der Waals surface area (Å²) in [6, 6.07) is 5.80. The molecule has 1 amide bonds. The lowest BCUT2D eigenvalue weighted by Gasteiger charge is -2.31. The molecule has 0 saturated carbocycles. The highest BCUT2D eigenvalue weighted by Crippen LogP contribution is 2.41. The number of anilines is 3. The Morgan fingerprint density at radius 2 is 2.11 bits per heavy atom. The number of amides is 1. The molecule has 3 atom stereocenters. The molecule has 4 heterocycles. The first-order valence-corrected chi connectivity index (χ1v) is 11.9. The Kier molecular flexibility index (Phi) is 6.80. The van der Waals surface area contributed by atoms with E-state index in [-0.39, 0.29) is 29.9 Å². The summed E-state index contributed by atoms with van der Waals surface area (Å²) < 4.78 is 45.0. The third kappa shape index (κ3) is 5.20. The number of pyridine rings is 1. The summed E-state index contributed by atoms with van der Waals surface area (Å²) in [5.74, 6) is 0.672. The Bertz CT molecular complexity index is 1350. The summed E-state index contributed by atoms with van der Waals surface area (Å²) in [5.41, 5.74) is 1.02. The molecule has 2 aliphatic rings. The van der Waals surface area contributed by atoms with Gasteiger partial charge >= 0.3 is 6.18 Å². The average molecular weight is 531 g/mol. The van der Waals surface area contributed by atoms with E-state index in [0.29, 0.717) is 41.6 Å². The highest BCUT2D eigenvalue weighted by molar-refractivity contribution is 5.98. The normalized spacial score (nSPS) is 18.9. The van der Waals surface area contributed by atoms with Gasteiger partial charge in [-0.2, -0.15) is 13.2 Å². The molecule has 3 aromatic rings. The standard InChI is InChI=1S/C25H25F3N6O4/c1-13-21-23(33-22(30-13)14-3-2-4-15(5-14)25(26,27)28)31-17-7-20(34(21)10-17)24(37)32-16-6-19(9-29-8-16)38-12-18(36)11-35/h2-6,8-9,17-18,20,35-36H,7,10-12H2,1H3,(H,32,37)(H,30,31,33)/t17-,18-,20?/m0/s1. The Labute approximate surface area is 215 Å². The average Bonchev–Trinajstić information content (AvgIpc) is 3.23. The van der Waals surface area contributed by atoms with Crippen molar-refractivity contribution in [3.63, 3.8) is 0 Å². The fraction of sp³-hybridized carbons (Fsp3) is 0.360. The Morgan fingerprint density at radius 3 is 2.87 bits per heavy atom. The molecule has 0 spiro atoms. The fourth-order valence-electron chi connectivity index (χ4n) is 4.64. The van der Waals surface area contributed by atoms with Crippen LogP contribution in [0.4, 0.5) is 30.4 Å². The molecule has 2 aromatic heterocycles. The number of alkyl halides is 3. The third-order valence-electron chi connectivity index (χ3n) is 6.37. The van der Waals surface area contributed by atoms with E-state index in [9.17, 15) is 23.1 Å². The molecular formula is C25H25F3N6O4. The highest BCUT2D eigenvalue weighted by atomic mass is 19.4. The van der Waals surface area contributed by atoms with Crippen molar-refractivity contribution in [3.05, 3.63) is 54.0 Å². The molecule has 13 heteroatoms. The van der Waals surface area contributed by atoms with Gasteiger partial charge in [-0.1, -0.05) is 12.1 Å². The summed E-state index contributed by atoms with van der Waals surface area (Å²) in [7, 11) is 0. The van der Waals surface area contributed by atoms with Crippen molar-refractivity contribution in [2.24, 2.45) is 0 Å². The second-order valence-corrected chi connectivity index (χ2v) is 9.20. The number of aryl methyl sites for hydroxylation is 1. The van der Waals surface area contributed by atoms with Crippen molar-refractivity contribution in [3.8, 4) is 17.1 Å². The van der Waals surface area contributed by atoms with Gasteiger partial charge in [0.05, 0.1) is 35.9 Å². The minimum Gasteiger partial charge on any atom is -0.489 e. The lowest BCUT2D eigenvalue weighted by molar-refractivity contribution is -0.137. The topological polar surface area (TPSA) is 133 Å². The molecule has 0 radical (unpaired) electrons. The molecule has 1 unspecified atom stereocenters. The van der Waals surface area contributed by atoms with Gasteiger partial charge in [0.1, 0.15) is 30.2 Å². The van der Waals surface area contributed by atoms with Crippen molar-refractivity contribution >= 4 is 23.1 Å². The van der Waals surface area contributed by atoms with E-state index in [1.807, 2.05) is 4.90 Å². The first-order valence-electron chi connectivity index (χ1n) is 11.9. The van der Waals surface area contributed by atoms with Gasteiger partial charge < -0.3 is 30.5 Å². The van der Waals surface area contributed by atoms with Gasteiger partial charge in [-0.05, 0) is 25.5 Å². The Morgan fingerprint density at radius 1 is 1.29 bits per heavy atom. The number of carbonyl (C=O) groups excluding carboxylic acids is 1. The van der Waals surface area contributed by atoms with Crippen molar-refractivity contribution in [1.82, 2.24) is 15.0 Å². The Balaban J connectivity index is 1.35. The van der Waals surface area contributed by atoms with Crippen LogP contribution in [0.2, 0.25) is 0 Å². The quantitative estimate of drug-likeness (QED) is 0.364. The summed E-state index contributed by atoms with van der Waals surface area (Å²) in [6.45, 7) is 1.71. The molecule has 38 heavy (non-hydrogen) atoms. The van der Waals surface area contributed by atoms with Crippen LogP contribution in [-0.4, -0.2) is 69.0 Å². The maximum absolute atomic E-state index is 13.3. The number of carbonyl (C=O) groups is 1. The highest BCUT2D eigenvalue weighted by Gasteiger charge is 2.43. The summed E-state index contributed by atoms with van der Waals surface area (Å²) in [6.07, 6.45) is -2.15. The van der Waals surface area contributed by atoms with E-state index in [1.54, 1.807) is 13.0 Å². The first-order chi connectivity index (χ1) is 18.1. The number of halogens is 3. The van der Waals surface area contributed by atoms with Crippen LogP contribution >= 0.6 is 0 Å². The lowest BCUT2D eigenvalue weighted by Crippen LogP contribution is -2.41. The van der Waals surface area contributed by atoms with E-state index in [4.69, 9.17) is 9.84 Å².